The van der Waals surface area contributed by atoms with Gasteiger partial charge in [0.05, 0.1) is 6.07 Å². The fourth-order valence-electron chi connectivity index (χ4n) is 2.63. The summed E-state index contributed by atoms with van der Waals surface area (Å²) in [6.45, 7) is 0.436. The van der Waals surface area contributed by atoms with Crippen LogP contribution in [0.25, 0.3) is 10.9 Å². The van der Waals surface area contributed by atoms with Gasteiger partial charge in [0, 0.05) is 23.6 Å². The van der Waals surface area contributed by atoms with Gasteiger partial charge in [-0.05, 0) is 23.6 Å². The molecule has 114 valence electrons. The van der Waals surface area contributed by atoms with Gasteiger partial charge in [-0.15, -0.1) is 0 Å². The molecule has 3 rings (SSSR count). The lowest BCUT2D eigenvalue weighted by Gasteiger charge is -2.10. The molecule has 1 aromatic heterocycles. The number of hydrogen-bond donors (Lipinski definition) is 2. The first-order chi connectivity index (χ1) is 11.3. The maximum atomic E-state index is 12.3. The summed E-state index contributed by atoms with van der Waals surface area (Å²) < 4.78 is 0. The van der Waals surface area contributed by atoms with Crippen molar-refractivity contribution in [3.05, 3.63) is 71.9 Å². The molecule has 4 heteroatoms. The number of nitriles is 1. The van der Waals surface area contributed by atoms with Crippen LogP contribution in [0, 0.1) is 17.2 Å². The molecule has 0 fully saturated rings. The molecule has 3 aromatic rings. The van der Waals surface area contributed by atoms with Crippen LogP contribution >= 0.6 is 0 Å². The van der Waals surface area contributed by atoms with Crippen molar-refractivity contribution in [2.45, 2.75) is 13.0 Å². The first-order valence-corrected chi connectivity index (χ1v) is 7.54. The van der Waals surface area contributed by atoms with Crippen molar-refractivity contribution < 1.29 is 4.79 Å². The maximum absolute atomic E-state index is 12.3. The molecule has 2 N–H and O–H groups in total. The molecular formula is C19H17N3O. The number of aromatic amines is 1. The van der Waals surface area contributed by atoms with E-state index in [-0.39, 0.29) is 5.91 Å². The lowest BCUT2D eigenvalue weighted by atomic mass is 9.99. The molecule has 0 aliphatic heterocycles. The van der Waals surface area contributed by atoms with Gasteiger partial charge in [0.1, 0.15) is 5.92 Å². The highest BCUT2D eigenvalue weighted by Gasteiger charge is 2.19. The molecular weight excluding hydrogens is 286 g/mol. The van der Waals surface area contributed by atoms with Gasteiger partial charge in [-0.1, -0.05) is 48.5 Å². The van der Waals surface area contributed by atoms with Crippen LogP contribution in [0.1, 0.15) is 11.1 Å². The number of benzene rings is 2. The van der Waals surface area contributed by atoms with Crippen molar-refractivity contribution in [2.24, 2.45) is 5.92 Å². The Bertz CT molecular complexity index is 846. The third-order valence-electron chi connectivity index (χ3n) is 3.88. The predicted octanol–water partition coefficient (Wildman–Crippen LogP) is 3.17. The minimum absolute atomic E-state index is 0.235. The van der Waals surface area contributed by atoms with Crippen molar-refractivity contribution in [1.29, 1.82) is 5.26 Å². The molecule has 0 saturated carbocycles. The third-order valence-corrected chi connectivity index (χ3v) is 3.88. The highest BCUT2D eigenvalue weighted by molar-refractivity contribution is 5.85. The van der Waals surface area contributed by atoms with Gasteiger partial charge in [-0.2, -0.15) is 5.26 Å². The second-order valence-corrected chi connectivity index (χ2v) is 5.45. The summed E-state index contributed by atoms with van der Waals surface area (Å²) >= 11 is 0. The standard InChI is InChI=1S/C19H17N3O/c20-11-15(19(23)22-12-14-6-2-1-3-7-14)10-16-13-21-18-9-5-4-8-17(16)18/h1-9,13,15,21H,10,12H2,(H,22,23)/t15-/m0/s1. The van der Waals surface area contributed by atoms with E-state index in [9.17, 15) is 10.1 Å². The van der Waals surface area contributed by atoms with Gasteiger partial charge >= 0.3 is 0 Å². The second-order valence-electron chi connectivity index (χ2n) is 5.45. The number of H-pyrrole nitrogens is 1. The zero-order valence-corrected chi connectivity index (χ0v) is 12.6. The zero-order valence-electron chi connectivity index (χ0n) is 12.6. The van der Waals surface area contributed by atoms with Crippen molar-refractivity contribution in [1.82, 2.24) is 10.3 Å². The Morgan fingerprint density at radius 3 is 2.65 bits per heavy atom. The van der Waals surface area contributed by atoms with Gasteiger partial charge in [0.2, 0.25) is 5.91 Å². The molecule has 23 heavy (non-hydrogen) atoms. The molecule has 1 atom stereocenters. The minimum Gasteiger partial charge on any atom is -0.361 e. The molecule has 0 aliphatic carbocycles. The lowest BCUT2D eigenvalue weighted by Crippen LogP contribution is -2.30. The quantitative estimate of drug-likeness (QED) is 0.760. The summed E-state index contributed by atoms with van der Waals surface area (Å²) in [5.41, 5.74) is 3.02. The number of hydrogen-bond acceptors (Lipinski definition) is 2. The molecule has 1 amide bonds. The molecule has 2 aromatic carbocycles. The predicted molar refractivity (Wildman–Crippen MR) is 89.4 cm³/mol. The highest BCUT2D eigenvalue weighted by atomic mass is 16.1. The fraction of sp³-hybridized carbons (Fsp3) is 0.158. The minimum atomic E-state index is -0.696. The molecule has 4 nitrogen and oxygen atoms in total. The monoisotopic (exact) mass is 303 g/mol. The summed E-state index contributed by atoms with van der Waals surface area (Å²) in [5, 5.41) is 13.2. The zero-order chi connectivity index (χ0) is 16.1. The SMILES string of the molecule is N#C[C@H](Cc1c[nH]c2ccccc12)C(=O)NCc1ccccc1. The van der Waals surface area contributed by atoms with E-state index in [1.807, 2.05) is 60.8 Å². The Hall–Kier alpha value is -3.06. The summed E-state index contributed by atoms with van der Waals surface area (Å²) in [6, 6.07) is 19.7. The van der Waals surface area contributed by atoms with Gasteiger partial charge in [-0.3, -0.25) is 4.79 Å². The summed E-state index contributed by atoms with van der Waals surface area (Å²) in [6.07, 6.45) is 2.28. The highest BCUT2D eigenvalue weighted by Crippen LogP contribution is 2.20. The van der Waals surface area contributed by atoms with Gasteiger partial charge < -0.3 is 10.3 Å². The van der Waals surface area contributed by atoms with E-state index in [2.05, 4.69) is 16.4 Å². The van der Waals surface area contributed by atoms with E-state index in [1.54, 1.807) is 0 Å². The molecule has 0 aliphatic rings. The number of fused-ring (bicyclic) bond motifs is 1. The molecule has 0 radical (unpaired) electrons. The number of rotatable bonds is 5. The van der Waals surface area contributed by atoms with E-state index < -0.39 is 5.92 Å². The second kappa shape index (κ2) is 6.80. The van der Waals surface area contributed by atoms with E-state index in [1.165, 1.54) is 0 Å². The van der Waals surface area contributed by atoms with Crippen LogP contribution in [0.3, 0.4) is 0 Å². The van der Waals surface area contributed by atoms with Crippen LogP contribution in [0.2, 0.25) is 0 Å². The van der Waals surface area contributed by atoms with Crippen molar-refractivity contribution >= 4 is 16.8 Å². The largest absolute Gasteiger partial charge is 0.361 e. The van der Waals surface area contributed by atoms with E-state index in [0.29, 0.717) is 13.0 Å². The van der Waals surface area contributed by atoms with Gasteiger partial charge in [-0.25, -0.2) is 0 Å². The Kier molecular flexibility index (Phi) is 4.39. The van der Waals surface area contributed by atoms with Crippen LogP contribution in [0.5, 0.6) is 0 Å². The van der Waals surface area contributed by atoms with Crippen LogP contribution in [0.4, 0.5) is 0 Å². The van der Waals surface area contributed by atoms with Crippen LogP contribution < -0.4 is 5.32 Å². The maximum Gasteiger partial charge on any atom is 0.237 e. The number of carbonyl (C=O) groups is 1. The summed E-state index contributed by atoms with van der Waals surface area (Å²) in [7, 11) is 0. The van der Waals surface area contributed by atoms with Crippen molar-refractivity contribution in [2.75, 3.05) is 0 Å². The molecule has 0 bridgehead atoms. The lowest BCUT2D eigenvalue weighted by molar-refractivity contribution is -0.123. The molecule has 1 heterocycles. The Morgan fingerprint density at radius 2 is 1.87 bits per heavy atom. The van der Waals surface area contributed by atoms with Gasteiger partial charge in [0.25, 0.3) is 0 Å². The van der Waals surface area contributed by atoms with Crippen LogP contribution in [0.15, 0.2) is 60.8 Å². The number of aromatic nitrogens is 1. The van der Waals surface area contributed by atoms with Crippen molar-refractivity contribution in [3.8, 4) is 6.07 Å². The van der Waals surface area contributed by atoms with E-state index in [0.717, 1.165) is 22.0 Å². The number of carbonyl (C=O) groups excluding carboxylic acids is 1. The average Bonchev–Trinajstić information content (AvgIpc) is 3.01. The Labute approximate surface area is 134 Å². The first kappa shape index (κ1) is 14.9. The normalized spacial score (nSPS) is 11.8. The number of nitrogens with one attached hydrogen (secondary N) is 2. The van der Waals surface area contributed by atoms with Crippen molar-refractivity contribution in [3.63, 3.8) is 0 Å². The number of nitrogens with zero attached hydrogens (tertiary/aromatic N) is 1. The Balaban J connectivity index is 1.68. The topological polar surface area (TPSA) is 68.7 Å². The smallest absolute Gasteiger partial charge is 0.237 e. The summed E-state index contributed by atoms with van der Waals surface area (Å²) in [4.78, 5) is 15.4. The first-order valence-electron chi connectivity index (χ1n) is 7.54. The van der Waals surface area contributed by atoms with Crippen LogP contribution in [-0.2, 0) is 17.8 Å². The van der Waals surface area contributed by atoms with E-state index >= 15 is 0 Å². The fourth-order valence-corrected chi connectivity index (χ4v) is 2.63. The molecule has 0 unspecified atom stereocenters. The molecule has 0 spiro atoms. The molecule has 0 saturated heterocycles. The van der Waals surface area contributed by atoms with Gasteiger partial charge in [0.15, 0.2) is 0 Å². The van der Waals surface area contributed by atoms with E-state index in [4.69, 9.17) is 0 Å². The average molecular weight is 303 g/mol. The number of para-hydroxylation sites is 1. The number of amides is 1. The Morgan fingerprint density at radius 1 is 1.13 bits per heavy atom. The summed E-state index contributed by atoms with van der Waals surface area (Å²) in [5.74, 6) is -0.931. The third kappa shape index (κ3) is 3.41. The van der Waals surface area contributed by atoms with Crippen LogP contribution in [-0.4, -0.2) is 10.9 Å².